The molecule has 1 aromatic heterocycles. The van der Waals surface area contributed by atoms with E-state index in [0.717, 1.165) is 47.7 Å². The Labute approximate surface area is 220 Å². The zero-order chi connectivity index (χ0) is 26.8. The lowest BCUT2D eigenvalue weighted by Gasteiger charge is -2.29. The third-order valence-electron chi connectivity index (χ3n) is 7.30. The van der Waals surface area contributed by atoms with Gasteiger partial charge in [-0.3, -0.25) is 9.36 Å². The summed E-state index contributed by atoms with van der Waals surface area (Å²) in [6, 6.07) is 16.0. The van der Waals surface area contributed by atoms with E-state index in [1.807, 2.05) is 6.07 Å². The SMILES string of the molecule is CCOc1ccc(F)cc1C(C(=O)O)n1cnc2ccc(-c3ccc(C4CCN(C)CC4)cc3)cc2c1=O. The van der Waals surface area contributed by atoms with Crippen LogP contribution in [0.5, 0.6) is 5.75 Å². The first kappa shape index (κ1) is 25.6. The number of halogens is 1. The molecule has 38 heavy (non-hydrogen) atoms. The van der Waals surface area contributed by atoms with Crippen molar-refractivity contribution in [3.63, 3.8) is 0 Å². The van der Waals surface area contributed by atoms with E-state index in [0.29, 0.717) is 11.4 Å². The second-order valence-electron chi connectivity index (χ2n) is 9.74. The van der Waals surface area contributed by atoms with E-state index >= 15 is 0 Å². The Kier molecular flexibility index (Phi) is 7.24. The van der Waals surface area contributed by atoms with E-state index in [2.05, 4.69) is 41.2 Å². The fourth-order valence-corrected chi connectivity index (χ4v) is 5.21. The number of ether oxygens (including phenoxy) is 1. The molecule has 1 fully saturated rings. The van der Waals surface area contributed by atoms with E-state index < -0.39 is 23.4 Å². The number of fused-ring (bicyclic) bond motifs is 1. The number of hydrogen-bond acceptors (Lipinski definition) is 5. The molecular weight excluding hydrogens is 485 g/mol. The standard InChI is InChI=1S/C30H30FN3O4/c1-3-38-27-11-9-23(31)17-25(27)28(30(36)37)34-18-32-26-10-8-22(16-24(26)29(34)35)20-6-4-19(5-7-20)21-12-14-33(2)15-13-21/h4-11,16-18,21,28H,3,12-15H2,1-2H3,(H,36,37). The molecule has 0 spiro atoms. The highest BCUT2D eigenvalue weighted by atomic mass is 19.1. The van der Waals surface area contributed by atoms with Gasteiger partial charge in [0.25, 0.3) is 5.56 Å². The van der Waals surface area contributed by atoms with Crippen LogP contribution in [-0.4, -0.2) is 52.3 Å². The summed E-state index contributed by atoms with van der Waals surface area (Å²) < 4.78 is 20.7. The maximum absolute atomic E-state index is 14.1. The summed E-state index contributed by atoms with van der Waals surface area (Å²) in [6.45, 7) is 4.19. The molecule has 1 atom stereocenters. The van der Waals surface area contributed by atoms with E-state index in [4.69, 9.17) is 4.74 Å². The molecule has 2 heterocycles. The Bertz CT molecular complexity index is 1530. The van der Waals surface area contributed by atoms with Crippen LogP contribution in [0.3, 0.4) is 0 Å². The molecule has 1 aliphatic heterocycles. The van der Waals surface area contributed by atoms with Crippen LogP contribution in [-0.2, 0) is 4.79 Å². The molecular formula is C30H30FN3O4. The Morgan fingerprint density at radius 2 is 1.79 bits per heavy atom. The van der Waals surface area contributed by atoms with Crippen LogP contribution >= 0.6 is 0 Å². The van der Waals surface area contributed by atoms with Gasteiger partial charge in [-0.05, 0) is 92.8 Å². The zero-order valence-corrected chi connectivity index (χ0v) is 21.4. The number of nitrogens with zero attached hydrogens (tertiary/aromatic N) is 3. The number of rotatable bonds is 7. The highest BCUT2D eigenvalue weighted by Crippen LogP contribution is 2.31. The van der Waals surface area contributed by atoms with E-state index in [1.165, 1.54) is 24.0 Å². The Morgan fingerprint density at radius 1 is 1.08 bits per heavy atom. The molecule has 5 rings (SSSR count). The van der Waals surface area contributed by atoms with Crippen molar-refractivity contribution in [1.29, 1.82) is 0 Å². The fraction of sp³-hybridized carbons (Fsp3) is 0.300. The summed E-state index contributed by atoms with van der Waals surface area (Å²) in [4.78, 5) is 32.6. The van der Waals surface area contributed by atoms with Crippen LogP contribution in [0.2, 0.25) is 0 Å². The molecule has 3 aromatic carbocycles. The average Bonchev–Trinajstić information content (AvgIpc) is 2.92. The summed E-state index contributed by atoms with van der Waals surface area (Å²) in [6.07, 6.45) is 3.47. The highest BCUT2D eigenvalue weighted by Gasteiger charge is 2.28. The first-order valence-electron chi connectivity index (χ1n) is 12.8. The lowest BCUT2D eigenvalue weighted by molar-refractivity contribution is -0.139. The minimum atomic E-state index is -1.51. The molecule has 196 valence electrons. The number of benzene rings is 3. The van der Waals surface area contributed by atoms with Crippen LogP contribution in [0.4, 0.5) is 4.39 Å². The smallest absolute Gasteiger partial charge is 0.331 e. The molecule has 0 amide bonds. The van der Waals surface area contributed by atoms with Crippen molar-refractivity contribution < 1.29 is 19.0 Å². The van der Waals surface area contributed by atoms with Gasteiger partial charge in [-0.25, -0.2) is 14.2 Å². The largest absolute Gasteiger partial charge is 0.493 e. The van der Waals surface area contributed by atoms with Crippen molar-refractivity contribution in [3.8, 4) is 16.9 Å². The van der Waals surface area contributed by atoms with Crippen molar-refractivity contribution in [2.75, 3.05) is 26.7 Å². The molecule has 0 saturated carbocycles. The van der Waals surface area contributed by atoms with Gasteiger partial charge in [0.05, 0.1) is 23.8 Å². The maximum atomic E-state index is 14.1. The molecule has 1 unspecified atom stereocenters. The summed E-state index contributed by atoms with van der Waals surface area (Å²) in [5.41, 5.74) is 3.07. The number of carbonyl (C=O) groups is 1. The first-order chi connectivity index (χ1) is 18.4. The lowest BCUT2D eigenvalue weighted by Crippen LogP contribution is -2.31. The average molecular weight is 516 g/mol. The molecule has 1 N–H and O–H groups in total. The summed E-state index contributed by atoms with van der Waals surface area (Å²) >= 11 is 0. The number of aliphatic carboxylic acids is 1. The Hall–Kier alpha value is -4.04. The van der Waals surface area contributed by atoms with Gasteiger partial charge in [-0.1, -0.05) is 30.3 Å². The number of likely N-dealkylation sites (tertiary alicyclic amines) is 1. The van der Waals surface area contributed by atoms with Crippen LogP contribution in [0.15, 0.2) is 71.8 Å². The predicted octanol–water partition coefficient (Wildman–Crippen LogP) is 5.08. The van der Waals surface area contributed by atoms with Crippen LogP contribution < -0.4 is 10.3 Å². The third kappa shape index (κ3) is 5.04. The summed E-state index contributed by atoms with van der Waals surface area (Å²) in [7, 11) is 2.15. The Morgan fingerprint density at radius 3 is 2.47 bits per heavy atom. The lowest BCUT2D eigenvalue weighted by atomic mass is 9.88. The predicted molar refractivity (Wildman–Crippen MR) is 144 cm³/mol. The van der Waals surface area contributed by atoms with Gasteiger partial charge in [0.1, 0.15) is 11.6 Å². The number of aromatic nitrogens is 2. The van der Waals surface area contributed by atoms with E-state index in [9.17, 15) is 19.1 Å². The van der Waals surface area contributed by atoms with Gasteiger partial charge in [-0.2, -0.15) is 0 Å². The second-order valence-corrected chi connectivity index (χ2v) is 9.74. The minimum absolute atomic E-state index is 0.0447. The molecule has 0 bridgehead atoms. The van der Waals surface area contributed by atoms with Crippen molar-refractivity contribution in [3.05, 3.63) is 94.3 Å². The number of carboxylic acid groups (broad SMARTS) is 1. The fourth-order valence-electron chi connectivity index (χ4n) is 5.21. The highest BCUT2D eigenvalue weighted by molar-refractivity contribution is 5.84. The normalized spacial score (nSPS) is 15.4. The quantitative estimate of drug-likeness (QED) is 0.369. The van der Waals surface area contributed by atoms with Gasteiger partial charge < -0.3 is 14.7 Å². The molecule has 0 radical (unpaired) electrons. The van der Waals surface area contributed by atoms with Crippen molar-refractivity contribution in [2.45, 2.75) is 31.7 Å². The third-order valence-corrected chi connectivity index (χ3v) is 7.30. The topological polar surface area (TPSA) is 84.7 Å². The molecule has 8 heteroatoms. The van der Waals surface area contributed by atoms with E-state index in [-0.39, 0.29) is 23.3 Å². The minimum Gasteiger partial charge on any atom is -0.493 e. The Balaban J connectivity index is 1.53. The monoisotopic (exact) mass is 515 g/mol. The molecule has 4 aromatic rings. The summed E-state index contributed by atoms with van der Waals surface area (Å²) in [5.74, 6) is -1.19. The van der Waals surface area contributed by atoms with E-state index in [1.54, 1.807) is 19.1 Å². The van der Waals surface area contributed by atoms with Gasteiger partial charge in [-0.15, -0.1) is 0 Å². The zero-order valence-electron chi connectivity index (χ0n) is 21.4. The molecule has 7 nitrogen and oxygen atoms in total. The molecule has 0 aliphatic carbocycles. The van der Waals surface area contributed by atoms with Crippen LogP contribution in [0.1, 0.15) is 42.9 Å². The van der Waals surface area contributed by atoms with Crippen LogP contribution in [0, 0.1) is 5.82 Å². The molecule has 1 saturated heterocycles. The first-order valence-corrected chi connectivity index (χ1v) is 12.8. The maximum Gasteiger partial charge on any atom is 0.331 e. The van der Waals surface area contributed by atoms with Crippen molar-refractivity contribution >= 4 is 16.9 Å². The number of piperidine rings is 1. The number of carboxylic acids is 1. The van der Waals surface area contributed by atoms with Crippen molar-refractivity contribution in [1.82, 2.24) is 14.5 Å². The van der Waals surface area contributed by atoms with Gasteiger partial charge in [0.2, 0.25) is 0 Å². The van der Waals surface area contributed by atoms with Gasteiger partial charge in [0, 0.05) is 5.56 Å². The van der Waals surface area contributed by atoms with Crippen molar-refractivity contribution in [2.24, 2.45) is 0 Å². The molecule has 1 aliphatic rings. The van der Waals surface area contributed by atoms with Gasteiger partial charge in [0.15, 0.2) is 6.04 Å². The van der Waals surface area contributed by atoms with Gasteiger partial charge >= 0.3 is 5.97 Å². The van der Waals surface area contributed by atoms with Crippen LogP contribution in [0.25, 0.3) is 22.0 Å². The second kappa shape index (κ2) is 10.8. The summed E-state index contributed by atoms with van der Waals surface area (Å²) in [5, 5.41) is 10.4. The number of hydrogen-bond donors (Lipinski definition) is 1.